The van der Waals surface area contributed by atoms with E-state index in [1.54, 1.807) is 0 Å². The van der Waals surface area contributed by atoms with Crippen LogP contribution in [0.2, 0.25) is 0 Å². The van der Waals surface area contributed by atoms with Crippen molar-refractivity contribution in [1.29, 1.82) is 0 Å². The van der Waals surface area contributed by atoms with Gasteiger partial charge in [0.2, 0.25) is 0 Å². The highest BCUT2D eigenvalue weighted by Crippen LogP contribution is 2.27. The van der Waals surface area contributed by atoms with Gasteiger partial charge in [-0.3, -0.25) is 9.69 Å². The molecule has 0 radical (unpaired) electrons. The Labute approximate surface area is 169 Å². The Hall–Kier alpha value is -2.01. The predicted molar refractivity (Wildman–Crippen MR) is 114 cm³/mol. The first-order valence-corrected chi connectivity index (χ1v) is 10.2. The van der Waals surface area contributed by atoms with Crippen molar-refractivity contribution in [2.24, 2.45) is 0 Å². The molecule has 3 rings (SSSR count). The van der Waals surface area contributed by atoms with E-state index in [9.17, 15) is 4.79 Å². The highest BCUT2D eigenvalue weighted by molar-refractivity contribution is 6.01. The first kappa shape index (κ1) is 20.7. The van der Waals surface area contributed by atoms with Crippen molar-refractivity contribution in [3.8, 4) is 0 Å². The molecule has 1 aliphatic heterocycles. The van der Waals surface area contributed by atoms with Gasteiger partial charge in [0.15, 0.2) is 5.78 Å². The number of benzene rings is 2. The lowest BCUT2D eigenvalue weighted by Gasteiger charge is -2.27. The summed E-state index contributed by atoms with van der Waals surface area (Å²) in [6.07, 6.45) is 0.811. The summed E-state index contributed by atoms with van der Waals surface area (Å²) in [5.74, 6) is 0.0847. The molecular weight excluding hydrogens is 348 g/mol. The van der Waals surface area contributed by atoms with E-state index in [0.717, 1.165) is 50.4 Å². The molecule has 4 nitrogen and oxygen atoms in total. The number of carbonyl (C=O) groups is 1. The number of hydrogen-bond acceptors (Lipinski definition) is 4. The van der Waals surface area contributed by atoms with Gasteiger partial charge in [-0.1, -0.05) is 54.6 Å². The minimum atomic E-state index is -0.122. The van der Waals surface area contributed by atoms with Gasteiger partial charge >= 0.3 is 0 Å². The number of ketones is 1. The van der Waals surface area contributed by atoms with Crippen LogP contribution in [0.4, 0.5) is 0 Å². The third kappa shape index (κ3) is 5.51. The van der Waals surface area contributed by atoms with E-state index in [1.165, 1.54) is 5.56 Å². The molecule has 1 fully saturated rings. The maximum atomic E-state index is 13.4. The van der Waals surface area contributed by atoms with Gasteiger partial charge in [0.1, 0.15) is 0 Å². The van der Waals surface area contributed by atoms with Crippen LogP contribution in [0.15, 0.2) is 54.6 Å². The van der Waals surface area contributed by atoms with Gasteiger partial charge in [0.25, 0.3) is 0 Å². The molecule has 0 aliphatic carbocycles. The molecule has 0 amide bonds. The molecule has 2 aromatic rings. The number of hydrogen-bond donors (Lipinski definition) is 0. The second-order valence-electron chi connectivity index (χ2n) is 7.96. The van der Waals surface area contributed by atoms with Crippen LogP contribution in [-0.4, -0.2) is 62.0 Å². The number of ether oxygens (including phenoxy) is 1. The topological polar surface area (TPSA) is 32.8 Å². The third-order valence-electron chi connectivity index (χ3n) is 5.73. The Morgan fingerprint density at radius 1 is 1.04 bits per heavy atom. The number of rotatable bonds is 8. The number of carbonyl (C=O) groups excluding carboxylic acids is 1. The first-order valence-electron chi connectivity index (χ1n) is 10.2. The van der Waals surface area contributed by atoms with E-state index in [1.807, 2.05) is 30.3 Å². The lowest BCUT2D eigenvalue weighted by Crippen LogP contribution is -2.35. The van der Waals surface area contributed by atoms with Gasteiger partial charge in [-0.15, -0.1) is 0 Å². The summed E-state index contributed by atoms with van der Waals surface area (Å²) < 4.78 is 5.41. The molecule has 0 aromatic heterocycles. The normalized spacial score (nSPS) is 17.4. The summed E-state index contributed by atoms with van der Waals surface area (Å²) in [5, 5.41) is 0. The van der Waals surface area contributed by atoms with E-state index in [0.29, 0.717) is 6.04 Å². The summed E-state index contributed by atoms with van der Waals surface area (Å²) in [6.45, 7) is 6.64. The average Bonchev–Trinajstić information content (AvgIpc) is 2.73. The summed E-state index contributed by atoms with van der Waals surface area (Å²) >= 11 is 0. The number of Topliss-reactive ketones (excluding diaryl/α,β-unsaturated/α-hetero) is 1. The Bertz CT molecular complexity index is 737. The van der Waals surface area contributed by atoms with Crippen LogP contribution < -0.4 is 0 Å². The lowest BCUT2D eigenvalue weighted by molar-refractivity contribution is 0.0342. The van der Waals surface area contributed by atoms with Crippen LogP contribution in [0.5, 0.6) is 0 Å². The molecule has 0 N–H and O–H groups in total. The number of nitrogens with zero attached hydrogens (tertiary/aromatic N) is 2. The summed E-state index contributed by atoms with van der Waals surface area (Å²) in [5.41, 5.74) is 3.14. The maximum Gasteiger partial charge on any atom is 0.170 e. The van der Waals surface area contributed by atoms with Gasteiger partial charge in [0.05, 0.1) is 13.2 Å². The molecule has 0 bridgehead atoms. The van der Waals surface area contributed by atoms with Crippen LogP contribution in [0.1, 0.15) is 40.7 Å². The predicted octanol–water partition coefficient (Wildman–Crippen LogP) is 3.83. The second kappa shape index (κ2) is 9.97. The van der Waals surface area contributed by atoms with Crippen molar-refractivity contribution >= 4 is 5.78 Å². The highest BCUT2D eigenvalue weighted by atomic mass is 16.5. The van der Waals surface area contributed by atoms with Crippen LogP contribution in [0, 0.1) is 0 Å². The maximum absolute atomic E-state index is 13.4. The molecule has 0 saturated carbocycles. The fraction of sp³-hybridized carbons (Fsp3) is 0.458. The largest absolute Gasteiger partial charge is 0.379 e. The van der Waals surface area contributed by atoms with Crippen LogP contribution in [0.25, 0.3) is 0 Å². The zero-order valence-corrected chi connectivity index (χ0v) is 17.3. The zero-order chi connectivity index (χ0) is 19.9. The van der Waals surface area contributed by atoms with Crippen LogP contribution >= 0.6 is 0 Å². The SMILES string of the molecule is CC(CC(C(=O)c1ccc(CN2CCOCC2)cc1)c1ccccc1)N(C)C. The van der Waals surface area contributed by atoms with Crippen molar-refractivity contribution in [2.45, 2.75) is 31.8 Å². The van der Waals surface area contributed by atoms with Crippen LogP contribution in [0.3, 0.4) is 0 Å². The molecule has 1 saturated heterocycles. The minimum Gasteiger partial charge on any atom is -0.379 e. The number of morpholine rings is 1. The van der Waals surface area contributed by atoms with Crippen molar-refractivity contribution in [3.05, 3.63) is 71.3 Å². The minimum absolute atomic E-state index is 0.122. The Balaban J connectivity index is 1.74. The third-order valence-corrected chi connectivity index (χ3v) is 5.73. The van der Waals surface area contributed by atoms with Crippen molar-refractivity contribution in [3.63, 3.8) is 0 Å². The van der Waals surface area contributed by atoms with Gasteiger partial charge < -0.3 is 9.64 Å². The summed E-state index contributed by atoms with van der Waals surface area (Å²) in [4.78, 5) is 17.9. The van der Waals surface area contributed by atoms with Gasteiger partial charge in [-0.25, -0.2) is 0 Å². The van der Waals surface area contributed by atoms with E-state index in [4.69, 9.17) is 4.74 Å². The van der Waals surface area contributed by atoms with Gasteiger partial charge in [0, 0.05) is 37.2 Å². The van der Waals surface area contributed by atoms with Crippen molar-refractivity contribution < 1.29 is 9.53 Å². The fourth-order valence-corrected chi connectivity index (χ4v) is 3.62. The van der Waals surface area contributed by atoms with E-state index < -0.39 is 0 Å². The highest BCUT2D eigenvalue weighted by Gasteiger charge is 2.25. The molecular formula is C24H32N2O2. The Morgan fingerprint density at radius 3 is 2.29 bits per heavy atom. The quantitative estimate of drug-likeness (QED) is 0.652. The van der Waals surface area contributed by atoms with Gasteiger partial charge in [-0.2, -0.15) is 0 Å². The van der Waals surface area contributed by atoms with Gasteiger partial charge in [-0.05, 0) is 38.6 Å². The monoisotopic (exact) mass is 380 g/mol. The molecule has 150 valence electrons. The summed E-state index contributed by atoms with van der Waals surface area (Å²) in [7, 11) is 4.13. The molecule has 4 heteroatoms. The zero-order valence-electron chi connectivity index (χ0n) is 17.3. The molecule has 28 heavy (non-hydrogen) atoms. The fourth-order valence-electron chi connectivity index (χ4n) is 3.62. The average molecular weight is 381 g/mol. The first-order chi connectivity index (χ1) is 13.5. The lowest BCUT2D eigenvalue weighted by atomic mass is 9.85. The molecule has 1 aliphatic rings. The van der Waals surface area contributed by atoms with E-state index >= 15 is 0 Å². The molecule has 2 aromatic carbocycles. The smallest absolute Gasteiger partial charge is 0.170 e. The molecule has 1 heterocycles. The molecule has 2 atom stereocenters. The summed E-state index contributed by atoms with van der Waals surface area (Å²) in [6, 6.07) is 18.7. The van der Waals surface area contributed by atoms with Crippen molar-refractivity contribution in [2.75, 3.05) is 40.4 Å². The standard InChI is InChI=1S/C24H32N2O2/c1-19(25(2)3)17-23(21-7-5-4-6-8-21)24(27)22-11-9-20(10-12-22)18-26-13-15-28-16-14-26/h4-12,19,23H,13-18H2,1-3H3. The van der Waals surface area contributed by atoms with Crippen LogP contribution in [-0.2, 0) is 11.3 Å². The van der Waals surface area contributed by atoms with E-state index in [2.05, 4.69) is 55.1 Å². The Morgan fingerprint density at radius 2 is 1.68 bits per heavy atom. The van der Waals surface area contributed by atoms with E-state index in [-0.39, 0.29) is 11.7 Å². The Kier molecular flexibility index (Phi) is 7.37. The molecule has 0 spiro atoms. The van der Waals surface area contributed by atoms with Crippen molar-refractivity contribution in [1.82, 2.24) is 9.80 Å². The molecule has 2 unspecified atom stereocenters. The second-order valence-corrected chi connectivity index (χ2v) is 7.96.